The van der Waals surface area contributed by atoms with Gasteiger partial charge in [-0.15, -0.1) is 0 Å². The normalized spacial score (nSPS) is 10.1. The molecule has 2 aromatic carbocycles. The third-order valence-corrected chi connectivity index (χ3v) is 3.45. The quantitative estimate of drug-likeness (QED) is 0.559. The molecule has 2 amide bonds. The highest BCUT2D eigenvalue weighted by molar-refractivity contribution is 5.94. The minimum atomic E-state index is -0.189. The molecule has 7 nitrogen and oxygen atoms in total. The van der Waals surface area contributed by atoms with Gasteiger partial charge in [-0.2, -0.15) is 0 Å². The van der Waals surface area contributed by atoms with Crippen LogP contribution < -0.4 is 20.7 Å². The fourth-order valence-electron chi connectivity index (χ4n) is 2.32. The monoisotopic (exact) mass is 371 g/mol. The van der Waals surface area contributed by atoms with Gasteiger partial charge in [-0.1, -0.05) is 12.1 Å². The summed E-state index contributed by atoms with van der Waals surface area (Å²) in [7, 11) is 0. The smallest absolute Gasteiger partial charge is 0.243 e. The average Bonchev–Trinajstić information content (AvgIpc) is 2.64. The number of ether oxygens (including phenoxy) is 2. The second kappa shape index (κ2) is 10.8. The van der Waals surface area contributed by atoms with Gasteiger partial charge in [0.15, 0.2) is 0 Å². The van der Waals surface area contributed by atoms with Crippen LogP contribution in [-0.2, 0) is 14.3 Å². The van der Waals surface area contributed by atoms with Crippen molar-refractivity contribution in [2.75, 3.05) is 42.3 Å². The van der Waals surface area contributed by atoms with Crippen LogP contribution in [0.15, 0.2) is 48.5 Å². The minimum Gasteiger partial charge on any atom is -0.491 e. The first-order valence-electron chi connectivity index (χ1n) is 8.79. The number of carbonyl (C=O) groups is 2. The highest BCUT2D eigenvalue weighted by Gasteiger charge is 2.05. The van der Waals surface area contributed by atoms with Crippen LogP contribution in [0.5, 0.6) is 5.75 Å². The van der Waals surface area contributed by atoms with Gasteiger partial charge >= 0.3 is 0 Å². The molecule has 2 rings (SSSR count). The van der Waals surface area contributed by atoms with E-state index < -0.39 is 0 Å². The molecular weight excluding hydrogens is 346 g/mol. The van der Waals surface area contributed by atoms with Crippen molar-refractivity contribution in [3.8, 4) is 5.75 Å². The molecule has 0 atom stereocenters. The van der Waals surface area contributed by atoms with Crippen LogP contribution >= 0.6 is 0 Å². The Balaban J connectivity index is 1.82. The van der Waals surface area contributed by atoms with Crippen LogP contribution in [0.25, 0.3) is 0 Å². The van der Waals surface area contributed by atoms with Gasteiger partial charge in [0.25, 0.3) is 0 Å². The van der Waals surface area contributed by atoms with Crippen molar-refractivity contribution >= 4 is 28.9 Å². The van der Waals surface area contributed by atoms with E-state index in [2.05, 4.69) is 16.0 Å². The predicted molar refractivity (Wildman–Crippen MR) is 106 cm³/mol. The van der Waals surface area contributed by atoms with E-state index in [1.165, 1.54) is 6.92 Å². The Bertz CT molecular complexity index is 764. The van der Waals surface area contributed by atoms with Crippen molar-refractivity contribution in [3.05, 3.63) is 48.5 Å². The van der Waals surface area contributed by atoms with Crippen LogP contribution in [-0.4, -0.2) is 38.2 Å². The van der Waals surface area contributed by atoms with Gasteiger partial charge in [0.05, 0.1) is 13.2 Å². The molecule has 0 fully saturated rings. The molecule has 144 valence electrons. The van der Waals surface area contributed by atoms with Gasteiger partial charge in [0, 0.05) is 36.7 Å². The standard InChI is InChI=1S/C20H25N3O4/c1-3-26-10-11-27-19-9-5-8-18(13-19)23-20(25)14-21-16-6-4-7-17(12-16)22-15(2)24/h4-9,12-13,21H,3,10-11,14H2,1-2H3,(H,22,24)(H,23,25). The number of carbonyl (C=O) groups excluding carboxylic acids is 2. The van der Waals surface area contributed by atoms with Crippen molar-refractivity contribution in [2.45, 2.75) is 13.8 Å². The lowest BCUT2D eigenvalue weighted by Crippen LogP contribution is -2.21. The van der Waals surface area contributed by atoms with Crippen molar-refractivity contribution in [2.24, 2.45) is 0 Å². The molecule has 0 heterocycles. The summed E-state index contributed by atoms with van der Waals surface area (Å²) in [5, 5.41) is 8.55. The Morgan fingerprint density at radius 1 is 0.926 bits per heavy atom. The molecule has 7 heteroatoms. The summed E-state index contributed by atoms with van der Waals surface area (Å²) in [5.74, 6) is 0.336. The second-order valence-electron chi connectivity index (χ2n) is 5.74. The summed E-state index contributed by atoms with van der Waals surface area (Å²) < 4.78 is 10.8. The summed E-state index contributed by atoms with van der Waals surface area (Å²) in [6, 6.07) is 14.4. The highest BCUT2D eigenvalue weighted by atomic mass is 16.5. The third kappa shape index (κ3) is 7.79. The molecule has 0 aliphatic rings. The summed E-state index contributed by atoms with van der Waals surface area (Å²) in [4.78, 5) is 23.3. The van der Waals surface area contributed by atoms with Crippen molar-refractivity contribution in [1.82, 2.24) is 0 Å². The zero-order valence-electron chi connectivity index (χ0n) is 15.6. The van der Waals surface area contributed by atoms with Crippen LogP contribution in [0, 0.1) is 0 Å². The maximum Gasteiger partial charge on any atom is 0.243 e. The number of hydrogen-bond acceptors (Lipinski definition) is 5. The molecular formula is C20H25N3O4. The van der Waals surface area contributed by atoms with Crippen molar-refractivity contribution in [3.63, 3.8) is 0 Å². The lowest BCUT2D eigenvalue weighted by Gasteiger charge is -2.11. The Hall–Kier alpha value is -3.06. The fourth-order valence-corrected chi connectivity index (χ4v) is 2.32. The number of nitrogens with one attached hydrogen (secondary N) is 3. The number of anilines is 3. The maximum atomic E-state index is 12.2. The van der Waals surface area contributed by atoms with E-state index in [0.29, 0.717) is 36.9 Å². The topological polar surface area (TPSA) is 88.7 Å². The molecule has 2 aromatic rings. The number of benzene rings is 2. The summed E-state index contributed by atoms with van der Waals surface area (Å²) in [5.41, 5.74) is 2.07. The van der Waals surface area contributed by atoms with E-state index >= 15 is 0 Å². The molecule has 0 spiro atoms. The SMILES string of the molecule is CCOCCOc1cccc(NC(=O)CNc2cccc(NC(C)=O)c2)c1. The number of hydrogen-bond donors (Lipinski definition) is 3. The van der Waals surface area contributed by atoms with Gasteiger partial charge in [0.1, 0.15) is 12.4 Å². The van der Waals surface area contributed by atoms with Gasteiger partial charge in [-0.25, -0.2) is 0 Å². The summed E-state index contributed by atoms with van der Waals surface area (Å²) in [6.45, 7) is 5.10. The molecule has 0 saturated heterocycles. The minimum absolute atomic E-state index is 0.0962. The molecule has 0 saturated carbocycles. The summed E-state index contributed by atoms with van der Waals surface area (Å²) >= 11 is 0. The predicted octanol–water partition coefficient (Wildman–Crippen LogP) is 3.11. The first-order valence-corrected chi connectivity index (χ1v) is 8.79. The van der Waals surface area contributed by atoms with Crippen LogP contribution in [0.1, 0.15) is 13.8 Å². The van der Waals surface area contributed by atoms with E-state index in [1.54, 1.807) is 30.3 Å². The average molecular weight is 371 g/mol. The molecule has 0 aliphatic carbocycles. The Kier molecular flexibility index (Phi) is 8.12. The van der Waals surface area contributed by atoms with Crippen LogP contribution in [0.2, 0.25) is 0 Å². The van der Waals surface area contributed by atoms with E-state index in [4.69, 9.17) is 9.47 Å². The van der Waals surface area contributed by atoms with E-state index in [9.17, 15) is 9.59 Å². The molecule has 0 radical (unpaired) electrons. The number of amides is 2. The zero-order valence-corrected chi connectivity index (χ0v) is 15.6. The fraction of sp³-hybridized carbons (Fsp3) is 0.300. The van der Waals surface area contributed by atoms with Gasteiger partial charge in [-0.3, -0.25) is 9.59 Å². The first kappa shape index (κ1) is 20.3. The van der Waals surface area contributed by atoms with Crippen molar-refractivity contribution in [1.29, 1.82) is 0 Å². The Morgan fingerprint density at radius 3 is 2.37 bits per heavy atom. The lowest BCUT2D eigenvalue weighted by atomic mass is 10.2. The lowest BCUT2D eigenvalue weighted by molar-refractivity contribution is -0.115. The van der Waals surface area contributed by atoms with E-state index in [1.807, 2.05) is 25.1 Å². The largest absolute Gasteiger partial charge is 0.491 e. The maximum absolute atomic E-state index is 12.2. The molecule has 0 bridgehead atoms. The zero-order chi connectivity index (χ0) is 19.5. The molecule has 0 aliphatic heterocycles. The van der Waals surface area contributed by atoms with Crippen LogP contribution in [0.3, 0.4) is 0 Å². The van der Waals surface area contributed by atoms with Gasteiger partial charge in [0.2, 0.25) is 11.8 Å². The number of rotatable bonds is 10. The molecule has 27 heavy (non-hydrogen) atoms. The first-order chi connectivity index (χ1) is 13.1. The van der Waals surface area contributed by atoms with E-state index in [-0.39, 0.29) is 18.4 Å². The highest BCUT2D eigenvalue weighted by Crippen LogP contribution is 2.18. The molecule has 3 N–H and O–H groups in total. The molecule has 0 aromatic heterocycles. The van der Waals surface area contributed by atoms with Gasteiger partial charge < -0.3 is 25.4 Å². The second-order valence-corrected chi connectivity index (χ2v) is 5.74. The van der Waals surface area contributed by atoms with Crippen LogP contribution in [0.4, 0.5) is 17.1 Å². The van der Waals surface area contributed by atoms with E-state index in [0.717, 1.165) is 5.69 Å². The third-order valence-electron chi connectivity index (χ3n) is 3.45. The molecule has 0 unspecified atom stereocenters. The Labute approximate surface area is 159 Å². The summed E-state index contributed by atoms with van der Waals surface area (Å²) in [6.07, 6.45) is 0. The van der Waals surface area contributed by atoms with Gasteiger partial charge in [-0.05, 0) is 37.3 Å². The van der Waals surface area contributed by atoms with Crippen molar-refractivity contribution < 1.29 is 19.1 Å². The Morgan fingerprint density at radius 2 is 1.63 bits per heavy atom.